The Morgan fingerprint density at radius 3 is 2.17 bits per heavy atom. The number of piperidine rings is 1. The van der Waals surface area contributed by atoms with E-state index in [1.807, 2.05) is 23.1 Å². The number of amides is 1. The summed E-state index contributed by atoms with van der Waals surface area (Å²) in [5.41, 5.74) is 8.38. The van der Waals surface area contributed by atoms with Crippen molar-refractivity contribution in [3.05, 3.63) is 23.8 Å². The Morgan fingerprint density at radius 2 is 1.67 bits per heavy atom. The molecule has 2 rings (SSSR count). The third-order valence-electron chi connectivity index (χ3n) is 4.80. The molecule has 0 aromatic heterocycles. The summed E-state index contributed by atoms with van der Waals surface area (Å²) in [5.74, 6) is 1.21. The minimum absolute atomic E-state index is 0.113. The number of carbonyl (C=O) groups excluding carboxylic acids is 1. The summed E-state index contributed by atoms with van der Waals surface area (Å²) in [7, 11) is 0. The molecule has 0 saturated carbocycles. The Labute approximate surface area is 147 Å². The second-order valence-electron chi connectivity index (χ2n) is 8.03. The fourth-order valence-corrected chi connectivity index (χ4v) is 4.10. The molecule has 1 aliphatic rings. The smallest absolute Gasteiger partial charge is 0.256 e. The second-order valence-corrected chi connectivity index (χ2v) is 8.03. The van der Waals surface area contributed by atoms with Gasteiger partial charge >= 0.3 is 0 Å². The van der Waals surface area contributed by atoms with Gasteiger partial charge in [0.25, 0.3) is 5.91 Å². The first-order valence-corrected chi connectivity index (χ1v) is 9.17. The molecule has 1 amide bonds. The first kappa shape index (κ1) is 18.6. The second kappa shape index (κ2) is 7.45. The molecule has 4 nitrogen and oxygen atoms in total. The van der Waals surface area contributed by atoms with Crippen LogP contribution >= 0.6 is 0 Å². The van der Waals surface area contributed by atoms with Crippen LogP contribution < -0.4 is 10.6 Å². The van der Waals surface area contributed by atoms with Crippen molar-refractivity contribution in [3.8, 4) is 0 Å². The minimum atomic E-state index is 0.113. The molecular weight excluding hydrogens is 298 g/mol. The number of hydrogen-bond donors (Lipinski definition) is 1. The number of hydrogen-bond acceptors (Lipinski definition) is 3. The maximum atomic E-state index is 13.3. The molecule has 4 heteroatoms. The van der Waals surface area contributed by atoms with Gasteiger partial charge in [-0.3, -0.25) is 4.79 Å². The Kier molecular flexibility index (Phi) is 5.79. The van der Waals surface area contributed by atoms with E-state index >= 15 is 0 Å². The predicted octanol–water partition coefficient (Wildman–Crippen LogP) is 4.01. The molecule has 2 N–H and O–H groups in total. The molecule has 2 atom stereocenters. The van der Waals surface area contributed by atoms with Crippen LogP contribution in [0.3, 0.4) is 0 Å². The average molecular weight is 332 g/mol. The zero-order valence-electron chi connectivity index (χ0n) is 16.0. The molecule has 0 unspecified atom stereocenters. The van der Waals surface area contributed by atoms with Crippen LogP contribution in [0.2, 0.25) is 0 Å². The highest BCUT2D eigenvalue weighted by atomic mass is 16.2. The fourth-order valence-electron chi connectivity index (χ4n) is 4.10. The summed E-state index contributed by atoms with van der Waals surface area (Å²) in [4.78, 5) is 17.6. The topological polar surface area (TPSA) is 49.6 Å². The number of nitrogens with zero attached hydrogens (tertiary/aromatic N) is 2. The van der Waals surface area contributed by atoms with Gasteiger partial charge in [0.1, 0.15) is 0 Å². The Bertz CT molecular complexity index is 564. The monoisotopic (exact) mass is 331 g/mol. The number of carbonyl (C=O) groups is 1. The molecule has 1 fully saturated rings. The van der Waals surface area contributed by atoms with Gasteiger partial charge in [0.05, 0.1) is 11.3 Å². The molecule has 24 heavy (non-hydrogen) atoms. The molecule has 0 spiro atoms. The van der Waals surface area contributed by atoms with E-state index < -0.39 is 0 Å². The van der Waals surface area contributed by atoms with Crippen LogP contribution in [0.25, 0.3) is 0 Å². The highest BCUT2D eigenvalue weighted by Gasteiger charge is 2.29. The third kappa shape index (κ3) is 4.03. The van der Waals surface area contributed by atoms with Crippen molar-refractivity contribution in [2.24, 2.45) is 11.8 Å². The van der Waals surface area contributed by atoms with Crippen molar-refractivity contribution in [2.75, 3.05) is 23.7 Å². The minimum Gasteiger partial charge on any atom is -0.399 e. The van der Waals surface area contributed by atoms with Crippen LogP contribution in [0.5, 0.6) is 0 Å². The van der Waals surface area contributed by atoms with Gasteiger partial charge in [-0.2, -0.15) is 0 Å². The number of benzene rings is 1. The van der Waals surface area contributed by atoms with Gasteiger partial charge in [-0.25, -0.2) is 0 Å². The summed E-state index contributed by atoms with van der Waals surface area (Å²) in [6.45, 7) is 14.8. The van der Waals surface area contributed by atoms with Crippen molar-refractivity contribution in [1.29, 1.82) is 0 Å². The predicted molar refractivity (Wildman–Crippen MR) is 102 cm³/mol. The molecular formula is C20H33N3O. The molecule has 0 radical (unpaired) electrons. The third-order valence-corrected chi connectivity index (χ3v) is 4.80. The molecule has 134 valence electrons. The van der Waals surface area contributed by atoms with E-state index in [4.69, 9.17) is 5.73 Å². The van der Waals surface area contributed by atoms with Crippen LogP contribution in [-0.4, -0.2) is 36.0 Å². The van der Waals surface area contributed by atoms with E-state index in [1.54, 1.807) is 0 Å². The number of nitrogen functional groups attached to an aromatic ring is 1. The Hall–Kier alpha value is -1.71. The van der Waals surface area contributed by atoms with Crippen LogP contribution in [0.1, 0.15) is 58.3 Å². The quantitative estimate of drug-likeness (QED) is 0.848. The van der Waals surface area contributed by atoms with Gasteiger partial charge < -0.3 is 15.5 Å². The summed E-state index contributed by atoms with van der Waals surface area (Å²) in [6, 6.07) is 6.38. The lowest BCUT2D eigenvalue weighted by Gasteiger charge is -2.38. The Balaban J connectivity index is 2.41. The highest BCUT2D eigenvalue weighted by Crippen LogP contribution is 2.30. The highest BCUT2D eigenvalue weighted by molar-refractivity contribution is 6.01. The van der Waals surface area contributed by atoms with Gasteiger partial charge in [-0.05, 0) is 64.2 Å². The SMILES string of the molecule is CC(C)N(c1ccc(N)cc1C(=O)N1C[C@H](C)C[C@@H](C)C1)C(C)C. The zero-order chi connectivity index (χ0) is 18.0. The van der Waals surface area contributed by atoms with Gasteiger partial charge in [0, 0.05) is 30.9 Å². The maximum absolute atomic E-state index is 13.3. The molecule has 1 heterocycles. The van der Waals surface area contributed by atoms with Crippen molar-refractivity contribution < 1.29 is 4.79 Å². The summed E-state index contributed by atoms with van der Waals surface area (Å²) in [6.07, 6.45) is 1.19. The molecule has 0 bridgehead atoms. The van der Waals surface area contributed by atoms with Crippen LogP contribution in [0.15, 0.2) is 18.2 Å². The van der Waals surface area contributed by atoms with Gasteiger partial charge in [-0.1, -0.05) is 13.8 Å². The van der Waals surface area contributed by atoms with E-state index in [-0.39, 0.29) is 5.91 Å². The normalized spacial score (nSPS) is 21.4. The van der Waals surface area contributed by atoms with Crippen molar-refractivity contribution >= 4 is 17.3 Å². The van der Waals surface area contributed by atoms with Crippen molar-refractivity contribution in [2.45, 2.75) is 60.0 Å². The van der Waals surface area contributed by atoms with Crippen LogP contribution in [0, 0.1) is 11.8 Å². The van der Waals surface area contributed by atoms with Crippen molar-refractivity contribution in [3.63, 3.8) is 0 Å². The number of nitrogens with two attached hydrogens (primary N) is 1. The molecule has 0 aliphatic carbocycles. The van der Waals surface area contributed by atoms with E-state index in [9.17, 15) is 4.79 Å². The molecule has 1 saturated heterocycles. The van der Waals surface area contributed by atoms with Crippen LogP contribution in [-0.2, 0) is 0 Å². The number of rotatable bonds is 4. The summed E-state index contributed by atoms with van der Waals surface area (Å²) < 4.78 is 0. The average Bonchev–Trinajstić information content (AvgIpc) is 2.46. The lowest BCUT2D eigenvalue weighted by atomic mass is 9.91. The first-order valence-electron chi connectivity index (χ1n) is 9.17. The zero-order valence-corrected chi connectivity index (χ0v) is 16.0. The molecule has 1 aromatic rings. The van der Waals surface area contributed by atoms with E-state index in [1.165, 1.54) is 6.42 Å². The van der Waals surface area contributed by atoms with Crippen LogP contribution in [0.4, 0.5) is 11.4 Å². The van der Waals surface area contributed by atoms with Gasteiger partial charge in [0.15, 0.2) is 0 Å². The standard InChI is InChI=1S/C20H33N3O/c1-13(2)23(14(3)4)19-8-7-17(21)10-18(19)20(24)22-11-15(5)9-16(6)12-22/h7-8,10,13-16H,9,11-12,21H2,1-6H3/t15-,16-/m1/s1. The Morgan fingerprint density at radius 1 is 1.12 bits per heavy atom. The number of likely N-dealkylation sites (tertiary alicyclic amines) is 1. The molecule has 1 aliphatic heterocycles. The largest absolute Gasteiger partial charge is 0.399 e. The molecule has 1 aromatic carbocycles. The van der Waals surface area contributed by atoms with Crippen molar-refractivity contribution in [1.82, 2.24) is 4.90 Å². The summed E-state index contributed by atoms with van der Waals surface area (Å²) in [5, 5.41) is 0. The lowest BCUT2D eigenvalue weighted by Crippen LogP contribution is -2.44. The van der Waals surface area contributed by atoms with Gasteiger partial charge in [-0.15, -0.1) is 0 Å². The summed E-state index contributed by atoms with van der Waals surface area (Å²) >= 11 is 0. The van der Waals surface area contributed by atoms with Gasteiger partial charge in [0.2, 0.25) is 0 Å². The first-order chi connectivity index (χ1) is 11.2. The van der Waals surface area contributed by atoms with E-state index in [0.717, 1.165) is 24.3 Å². The maximum Gasteiger partial charge on any atom is 0.256 e. The van der Waals surface area contributed by atoms with E-state index in [0.29, 0.717) is 29.6 Å². The van der Waals surface area contributed by atoms with E-state index in [2.05, 4.69) is 46.4 Å². The lowest BCUT2D eigenvalue weighted by molar-refractivity contribution is 0.0623. The number of anilines is 2. The fraction of sp³-hybridized carbons (Fsp3) is 0.650.